The van der Waals surface area contributed by atoms with Gasteiger partial charge in [-0.3, -0.25) is 0 Å². The zero-order valence-corrected chi connectivity index (χ0v) is 15.5. The molecular weight excluding hydrogens is 353 g/mol. The van der Waals surface area contributed by atoms with Crippen LogP contribution in [-0.2, 0) is 23.1 Å². The zero-order chi connectivity index (χ0) is 18.7. The topological polar surface area (TPSA) is 50.5 Å². The summed E-state index contributed by atoms with van der Waals surface area (Å²) in [6.45, 7) is 3.93. The summed E-state index contributed by atoms with van der Waals surface area (Å²) in [5.74, 6) is 0.915. The zero-order valence-electron chi connectivity index (χ0n) is 14.6. The summed E-state index contributed by atoms with van der Waals surface area (Å²) in [5, 5.41) is 0. The molecule has 0 fully saturated rings. The highest BCUT2D eigenvalue weighted by Crippen LogP contribution is 2.22. The minimum Gasteiger partial charge on any atom is -0.465 e. The van der Waals surface area contributed by atoms with Crippen molar-refractivity contribution in [3.8, 4) is 0 Å². The highest BCUT2D eigenvalue weighted by Gasteiger charge is 2.26. The molecule has 0 saturated carbocycles. The lowest BCUT2D eigenvalue weighted by atomic mass is 10.2. The first kappa shape index (κ1) is 18.4. The van der Waals surface area contributed by atoms with Crippen LogP contribution >= 0.6 is 0 Å². The Morgan fingerprint density at radius 1 is 0.885 bits per heavy atom. The fourth-order valence-corrected chi connectivity index (χ4v) is 4.02. The summed E-state index contributed by atoms with van der Waals surface area (Å²) in [6.07, 6.45) is 0. The first-order valence-corrected chi connectivity index (χ1v) is 9.65. The van der Waals surface area contributed by atoms with E-state index >= 15 is 0 Å². The molecule has 3 aromatic rings. The molecule has 0 unspecified atom stereocenters. The van der Waals surface area contributed by atoms with E-state index in [-0.39, 0.29) is 23.8 Å². The van der Waals surface area contributed by atoms with Crippen LogP contribution in [0.2, 0.25) is 0 Å². The third-order valence-corrected chi connectivity index (χ3v) is 5.87. The normalized spacial score (nSPS) is 11.8. The number of benzene rings is 2. The molecule has 1 heterocycles. The lowest BCUT2D eigenvalue weighted by molar-refractivity contribution is 0.353. The predicted octanol–water partition coefficient (Wildman–Crippen LogP) is 4.43. The first-order valence-electron chi connectivity index (χ1n) is 8.21. The molecule has 0 atom stereocenters. The molecule has 0 radical (unpaired) electrons. The van der Waals surface area contributed by atoms with E-state index in [1.54, 1.807) is 48.5 Å². The molecule has 0 bridgehead atoms. The van der Waals surface area contributed by atoms with Crippen LogP contribution in [0.5, 0.6) is 0 Å². The van der Waals surface area contributed by atoms with Gasteiger partial charge in [0.15, 0.2) is 0 Å². The monoisotopic (exact) mass is 373 g/mol. The van der Waals surface area contributed by atoms with E-state index in [1.165, 1.54) is 16.4 Å². The van der Waals surface area contributed by atoms with Crippen molar-refractivity contribution >= 4 is 10.0 Å². The van der Waals surface area contributed by atoms with E-state index < -0.39 is 10.0 Å². The maximum absolute atomic E-state index is 13.2. The lowest BCUT2D eigenvalue weighted by Gasteiger charge is -2.21. The molecule has 0 aliphatic rings. The van der Waals surface area contributed by atoms with Gasteiger partial charge >= 0.3 is 0 Å². The molecule has 26 heavy (non-hydrogen) atoms. The average Bonchev–Trinajstić information content (AvgIpc) is 3.01. The standard InChI is InChI=1S/C20H20FNO3S/c1-15-3-11-20(12-4-15)26(23,24)22(14-19-10-5-16(2)25-19)13-17-6-8-18(21)9-7-17/h3-12H,13-14H2,1-2H3. The minimum atomic E-state index is -3.74. The van der Waals surface area contributed by atoms with Crippen molar-refractivity contribution < 1.29 is 17.2 Å². The molecule has 4 nitrogen and oxygen atoms in total. The number of halogens is 1. The Labute approximate surface area is 152 Å². The molecule has 0 spiro atoms. The second kappa shape index (κ2) is 7.43. The van der Waals surface area contributed by atoms with E-state index in [9.17, 15) is 12.8 Å². The molecular formula is C20H20FNO3S. The lowest BCUT2D eigenvalue weighted by Crippen LogP contribution is -2.30. The molecule has 0 aliphatic carbocycles. The summed E-state index contributed by atoms with van der Waals surface area (Å²) in [5.41, 5.74) is 1.68. The summed E-state index contributed by atoms with van der Waals surface area (Å²) >= 11 is 0. The van der Waals surface area contributed by atoms with Crippen molar-refractivity contribution in [3.05, 3.63) is 89.1 Å². The van der Waals surface area contributed by atoms with Gasteiger partial charge in [-0.2, -0.15) is 4.31 Å². The molecule has 3 rings (SSSR count). The maximum atomic E-state index is 13.2. The van der Waals surface area contributed by atoms with Crippen molar-refractivity contribution in [1.82, 2.24) is 4.31 Å². The van der Waals surface area contributed by atoms with E-state index in [1.807, 2.05) is 13.8 Å². The molecule has 1 aromatic heterocycles. The number of hydrogen-bond donors (Lipinski definition) is 0. The van der Waals surface area contributed by atoms with E-state index in [0.29, 0.717) is 11.3 Å². The van der Waals surface area contributed by atoms with Gasteiger partial charge < -0.3 is 4.42 Å². The average molecular weight is 373 g/mol. The van der Waals surface area contributed by atoms with Gasteiger partial charge in [-0.15, -0.1) is 0 Å². The first-order chi connectivity index (χ1) is 12.3. The molecule has 6 heteroatoms. The third-order valence-electron chi connectivity index (χ3n) is 4.06. The van der Waals surface area contributed by atoms with Crippen LogP contribution in [0.25, 0.3) is 0 Å². The fraction of sp³-hybridized carbons (Fsp3) is 0.200. The molecule has 2 aromatic carbocycles. The van der Waals surface area contributed by atoms with Crippen molar-refractivity contribution in [2.45, 2.75) is 31.8 Å². The van der Waals surface area contributed by atoms with Gasteiger partial charge in [0, 0.05) is 6.54 Å². The van der Waals surface area contributed by atoms with Crippen LogP contribution in [0.15, 0.2) is 70.0 Å². The molecule has 0 saturated heterocycles. The largest absolute Gasteiger partial charge is 0.465 e. The number of nitrogens with zero attached hydrogens (tertiary/aromatic N) is 1. The maximum Gasteiger partial charge on any atom is 0.243 e. The quantitative estimate of drug-likeness (QED) is 0.642. The van der Waals surface area contributed by atoms with Crippen LogP contribution in [0, 0.1) is 19.7 Å². The van der Waals surface area contributed by atoms with Crippen molar-refractivity contribution in [1.29, 1.82) is 0 Å². The molecule has 136 valence electrons. The Morgan fingerprint density at radius 2 is 1.54 bits per heavy atom. The Balaban J connectivity index is 1.95. The number of aryl methyl sites for hydroxylation is 2. The predicted molar refractivity (Wildman–Crippen MR) is 97.5 cm³/mol. The van der Waals surface area contributed by atoms with E-state index in [4.69, 9.17) is 4.42 Å². The summed E-state index contributed by atoms with van der Waals surface area (Å²) in [4.78, 5) is 0.216. The SMILES string of the molecule is Cc1ccc(S(=O)(=O)N(Cc2ccc(F)cc2)Cc2ccc(C)o2)cc1. The third kappa shape index (κ3) is 4.20. The number of rotatable bonds is 6. The van der Waals surface area contributed by atoms with Crippen LogP contribution in [-0.4, -0.2) is 12.7 Å². The van der Waals surface area contributed by atoms with Gasteiger partial charge in [-0.25, -0.2) is 12.8 Å². The van der Waals surface area contributed by atoms with Crippen LogP contribution < -0.4 is 0 Å². The van der Waals surface area contributed by atoms with Gasteiger partial charge in [0.05, 0.1) is 11.4 Å². The highest BCUT2D eigenvalue weighted by molar-refractivity contribution is 7.89. The van der Waals surface area contributed by atoms with Crippen molar-refractivity contribution in [2.75, 3.05) is 0 Å². The Hall–Kier alpha value is -2.44. The van der Waals surface area contributed by atoms with E-state index in [0.717, 1.165) is 11.3 Å². The van der Waals surface area contributed by atoms with Crippen molar-refractivity contribution in [3.63, 3.8) is 0 Å². The second-order valence-corrected chi connectivity index (χ2v) is 8.16. The molecule has 0 amide bonds. The number of sulfonamides is 1. The van der Waals surface area contributed by atoms with Gasteiger partial charge in [-0.1, -0.05) is 29.8 Å². The van der Waals surface area contributed by atoms with Crippen molar-refractivity contribution in [2.24, 2.45) is 0 Å². The van der Waals surface area contributed by atoms with Gasteiger partial charge in [0.2, 0.25) is 10.0 Å². The van der Waals surface area contributed by atoms with Gasteiger partial charge in [0.1, 0.15) is 17.3 Å². The van der Waals surface area contributed by atoms with Gasteiger partial charge in [-0.05, 0) is 55.8 Å². The summed E-state index contributed by atoms with van der Waals surface area (Å²) in [6, 6.07) is 16.1. The van der Waals surface area contributed by atoms with E-state index in [2.05, 4.69) is 0 Å². The highest BCUT2D eigenvalue weighted by atomic mass is 32.2. The molecule has 0 aliphatic heterocycles. The Bertz CT molecular complexity index is 977. The van der Waals surface area contributed by atoms with Crippen LogP contribution in [0.3, 0.4) is 0 Å². The minimum absolute atomic E-state index is 0.0986. The fourth-order valence-electron chi connectivity index (χ4n) is 2.62. The summed E-state index contributed by atoms with van der Waals surface area (Å²) in [7, 11) is -3.74. The smallest absolute Gasteiger partial charge is 0.243 e. The Kier molecular flexibility index (Phi) is 5.25. The number of hydrogen-bond acceptors (Lipinski definition) is 3. The van der Waals surface area contributed by atoms with Gasteiger partial charge in [0.25, 0.3) is 0 Å². The van der Waals surface area contributed by atoms with Crippen LogP contribution in [0.1, 0.15) is 22.6 Å². The van der Waals surface area contributed by atoms with Crippen LogP contribution in [0.4, 0.5) is 4.39 Å². The number of furan rings is 1. The summed E-state index contributed by atoms with van der Waals surface area (Å²) < 4.78 is 46.3. The Morgan fingerprint density at radius 3 is 2.12 bits per heavy atom. The second-order valence-electron chi connectivity index (χ2n) is 6.22. The molecule has 0 N–H and O–H groups in total.